The Morgan fingerprint density at radius 3 is 2.62 bits per heavy atom. The zero-order valence-electron chi connectivity index (χ0n) is 11.8. The monoisotopic (exact) mass is 298 g/mol. The number of carbonyl (C=O) groups is 1. The van der Waals surface area contributed by atoms with E-state index in [0.717, 1.165) is 18.9 Å². The van der Waals surface area contributed by atoms with E-state index in [1.165, 1.54) is 12.1 Å². The van der Waals surface area contributed by atoms with Crippen LogP contribution >= 0.6 is 0 Å². The van der Waals surface area contributed by atoms with E-state index < -0.39 is 23.3 Å². The van der Waals surface area contributed by atoms with Crippen LogP contribution in [0.2, 0.25) is 0 Å². The summed E-state index contributed by atoms with van der Waals surface area (Å²) in [6, 6.07) is 2.99. The highest BCUT2D eigenvalue weighted by atomic mass is 19.1. The lowest BCUT2D eigenvalue weighted by Gasteiger charge is -2.22. The molecule has 0 atom stereocenters. The summed E-state index contributed by atoms with van der Waals surface area (Å²) < 4.78 is 26.1. The van der Waals surface area contributed by atoms with Crippen molar-refractivity contribution in [2.24, 2.45) is 0 Å². The van der Waals surface area contributed by atoms with E-state index in [1.54, 1.807) is 0 Å². The topological polar surface area (TPSA) is 61.4 Å². The summed E-state index contributed by atoms with van der Waals surface area (Å²) in [5.41, 5.74) is -0.438. The van der Waals surface area contributed by atoms with Crippen molar-refractivity contribution in [1.29, 1.82) is 0 Å². The van der Waals surface area contributed by atoms with E-state index in [0.29, 0.717) is 18.4 Å². The lowest BCUT2D eigenvalue weighted by Crippen LogP contribution is -2.45. The molecular formula is C15H20F2N2O2. The molecule has 2 rings (SSSR count). The molecule has 1 fully saturated rings. The fraction of sp³-hybridized carbons (Fsp3) is 0.533. The van der Waals surface area contributed by atoms with Crippen LogP contribution in [0.15, 0.2) is 18.2 Å². The molecule has 3 N–H and O–H groups in total. The Hall–Kier alpha value is -1.69. The van der Waals surface area contributed by atoms with Gasteiger partial charge in [-0.2, -0.15) is 0 Å². The van der Waals surface area contributed by atoms with Crippen molar-refractivity contribution in [2.45, 2.75) is 37.7 Å². The number of halogens is 2. The van der Waals surface area contributed by atoms with Crippen molar-refractivity contribution in [2.75, 3.05) is 13.1 Å². The van der Waals surface area contributed by atoms with E-state index >= 15 is 0 Å². The second kappa shape index (κ2) is 6.85. The minimum atomic E-state index is -0.791. The van der Waals surface area contributed by atoms with Crippen molar-refractivity contribution in [3.63, 3.8) is 0 Å². The maximum Gasteiger partial charge on any atom is 0.314 e. The highest BCUT2D eigenvalue weighted by Gasteiger charge is 2.31. The van der Waals surface area contributed by atoms with Gasteiger partial charge in [0.05, 0.1) is 5.60 Å². The van der Waals surface area contributed by atoms with Gasteiger partial charge in [-0.05, 0) is 30.9 Å². The number of aliphatic hydroxyl groups is 1. The van der Waals surface area contributed by atoms with Crippen LogP contribution in [0, 0.1) is 11.6 Å². The summed E-state index contributed by atoms with van der Waals surface area (Å²) in [5, 5.41) is 15.3. The first-order chi connectivity index (χ1) is 9.98. The van der Waals surface area contributed by atoms with Crippen molar-refractivity contribution < 1.29 is 18.7 Å². The summed E-state index contributed by atoms with van der Waals surface area (Å²) in [6.45, 7) is 0.469. The summed E-state index contributed by atoms with van der Waals surface area (Å²) >= 11 is 0. The van der Waals surface area contributed by atoms with Crippen LogP contribution < -0.4 is 10.6 Å². The predicted octanol–water partition coefficient (Wildman–Crippen LogP) is 2.11. The smallest absolute Gasteiger partial charge is 0.314 e. The van der Waals surface area contributed by atoms with Gasteiger partial charge in [0, 0.05) is 19.2 Å². The number of hydrogen-bond acceptors (Lipinski definition) is 2. The number of amides is 2. The maximum atomic E-state index is 13.4. The molecule has 0 saturated heterocycles. The van der Waals surface area contributed by atoms with Crippen molar-refractivity contribution in [1.82, 2.24) is 10.6 Å². The molecule has 0 aliphatic heterocycles. The van der Waals surface area contributed by atoms with Crippen molar-refractivity contribution >= 4 is 6.03 Å². The van der Waals surface area contributed by atoms with Crippen LogP contribution in [0.25, 0.3) is 0 Å². The van der Waals surface area contributed by atoms with Gasteiger partial charge < -0.3 is 15.7 Å². The Kier molecular flexibility index (Phi) is 5.12. The molecule has 0 spiro atoms. The van der Waals surface area contributed by atoms with E-state index in [1.807, 2.05) is 0 Å². The summed E-state index contributed by atoms with van der Waals surface area (Å²) in [4.78, 5) is 11.6. The van der Waals surface area contributed by atoms with Crippen molar-refractivity contribution in [3.8, 4) is 0 Å². The van der Waals surface area contributed by atoms with Crippen LogP contribution in [0.4, 0.5) is 13.6 Å². The number of urea groups is 1. The zero-order chi connectivity index (χ0) is 15.3. The first-order valence-corrected chi connectivity index (χ1v) is 7.17. The molecule has 1 aliphatic rings. The van der Waals surface area contributed by atoms with Gasteiger partial charge in [0.1, 0.15) is 11.6 Å². The number of hydrogen-bond donors (Lipinski definition) is 3. The third-order valence-corrected chi connectivity index (χ3v) is 3.81. The third-order valence-electron chi connectivity index (χ3n) is 3.81. The maximum absolute atomic E-state index is 13.4. The van der Waals surface area contributed by atoms with Gasteiger partial charge in [0.2, 0.25) is 0 Å². The van der Waals surface area contributed by atoms with Gasteiger partial charge in [0.15, 0.2) is 0 Å². The van der Waals surface area contributed by atoms with E-state index in [9.17, 15) is 18.7 Å². The normalized spacial score (nSPS) is 16.7. The van der Waals surface area contributed by atoms with E-state index in [-0.39, 0.29) is 19.5 Å². The average molecular weight is 298 g/mol. The molecule has 1 aromatic carbocycles. The number of rotatable bonds is 5. The molecule has 2 amide bonds. The predicted molar refractivity (Wildman–Crippen MR) is 74.9 cm³/mol. The zero-order valence-corrected chi connectivity index (χ0v) is 11.8. The van der Waals surface area contributed by atoms with Gasteiger partial charge in [0.25, 0.3) is 0 Å². The molecule has 0 radical (unpaired) electrons. The number of nitrogens with one attached hydrogen (secondary N) is 2. The number of carbonyl (C=O) groups excluding carboxylic acids is 1. The Morgan fingerprint density at radius 1 is 1.24 bits per heavy atom. The highest BCUT2D eigenvalue weighted by Crippen LogP contribution is 2.28. The molecule has 0 bridgehead atoms. The Balaban J connectivity index is 1.69. The molecular weight excluding hydrogens is 278 g/mol. The first kappa shape index (κ1) is 15.7. The third kappa shape index (κ3) is 4.67. The quantitative estimate of drug-likeness (QED) is 0.779. The first-order valence-electron chi connectivity index (χ1n) is 7.17. The van der Waals surface area contributed by atoms with Gasteiger partial charge >= 0.3 is 6.03 Å². The van der Waals surface area contributed by atoms with Crippen LogP contribution in [-0.2, 0) is 6.42 Å². The standard InChI is InChI=1S/C15H20F2N2O2/c16-12-4-3-11(13(17)9-12)5-8-18-14(20)19-10-15(21)6-1-2-7-15/h3-4,9,21H,1-2,5-8,10H2,(H2,18,19,20). The van der Waals surface area contributed by atoms with Crippen LogP contribution in [0.5, 0.6) is 0 Å². The van der Waals surface area contributed by atoms with Crippen molar-refractivity contribution in [3.05, 3.63) is 35.4 Å². The molecule has 0 aromatic heterocycles. The molecule has 116 valence electrons. The lowest BCUT2D eigenvalue weighted by molar-refractivity contribution is 0.0501. The fourth-order valence-corrected chi connectivity index (χ4v) is 2.55. The van der Waals surface area contributed by atoms with Gasteiger partial charge in [-0.15, -0.1) is 0 Å². The fourth-order valence-electron chi connectivity index (χ4n) is 2.55. The van der Waals surface area contributed by atoms with Crippen LogP contribution in [-0.4, -0.2) is 29.8 Å². The molecule has 0 heterocycles. The Morgan fingerprint density at radius 2 is 1.95 bits per heavy atom. The van der Waals surface area contributed by atoms with E-state index in [2.05, 4.69) is 10.6 Å². The summed E-state index contributed by atoms with van der Waals surface area (Å²) in [6.07, 6.45) is 3.64. The largest absolute Gasteiger partial charge is 0.388 e. The number of benzene rings is 1. The minimum Gasteiger partial charge on any atom is -0.388 e. The van der Waals surface area contributed by atoms with Gasteiger partial charge in [-0.25, -0.2) is 13.6 Å². The Labute approximate surface area is 122 Å². The Bertz CT molecular complexity index is 502. The molecule has 0 unspecified atom stereocenters. The molecule has 4 nitrogen and oxygen atoms in total. The highest BCUT2D eigenvalue weighted by molar-refractivity contribution is 5.73. The average Bonchev–Trinajstić information content (AvgIpc) is 2.86. The van der Waals surface area contributed by atoms with E-state index in [4.69, 9.17) is 0 Å². The minimum absolute atomic E-state index is 0.226. The molecule has 6 heteroatoms. The summed E-state index contributed by atoms with van der Waals surface area (Å²) in [7, 11) is 0. The molecule has 1 aliphatic carbocycles. The van der Waals surface area contributed by atoms with Crippen LogP contribution in [0.1, 0.15) is 31.2 Å². The second-order valence-electron chi connectivity index (χ2n) is 5.53. The second-order valence-corrected chi connectivity index (χ2v) is 5.53. The summed E-state index contributed by atoms with van der Waals surface area (Å²) in [5.74, 6) is -1.23. The molecule has 1 aromatic rings. The SMILES string of the molecule is O=C(NCCc1ccc(F)cc1F)NCC1(O)CCCC1. The molecule has 21 heavy (non-hydrogen) atoms. The van der Waals surface area contributed by atoms with Crippen LogP contribution in [0.3, 0.4) is 0 Å². The molecule has 1 saturated carbocycles. The van der Waals surface area contributed by atoms with Gasteiger partial charge in [-0.1, -0.05) is 18.9 Å². The lowest BCUT2D eigenvalue weighted by atomic mass is 10.0. The van der Waals surface area contributed by atoms with Gasteiger partial charge in [-0.3, -0.25) is 0 Å².